The van der Waals surface area contributed by atoms with Crippen LogP contribution in [0.25, 0.3) is 0 Å². The summed E-state index contributed by atoms with van der Waals surface area (Å²) in [6.45, 7) is 10.3. The molecule has 1 atom stereocenters. The van der Waals surface area contributed by atoms with Gasteiger partial charge in [0.05, 0.1) is 5.69 Å². The summed E-state index contributed by atoms with van der Waals surface area (Å²) in [5, 5.41) is 4.58. The van der Waals surface area contributed by atoms with Crippen LogP contribution in [0.2, 0.25) is 0 Å². The molecule has 0 amide bonds. The third-order valence-corrected chi connectivity index (χ3v) is 3.96. The van der Waals surface area contributed by atoms with E-state index >= 15 is 0 Å². The minimum atomic E-state index is 0.568. The number of hydrogen-bond donors (Lipinski definition) is 1. The Morgan fingerprint density at radius 1 is 1.41 bits per heavy atom. The summed E-state index contributed by atoms with van der Waals surface area (Å²) in [5.74, 6) is 0. The van der Waals surface area contributed by atoms with Crippen LogP contribution in [0.4, 0.5) is 0 Å². The van der Waals surface area contributed by atoms with Gasteiger partial charge in [-0.1, -0.05) is 0 Å². The number of likely N-dealkylation sites (tertiary alicyclic amines) is 1. The van der Waals surface area contributed by atoms with Gasteiger partial charge in [0, 0.05) is 36.9 Å². The van der Waals surface area contributed by atoms with Crippen molar-refractivity contribution in [2.75, 3.05) is 13.1 Å². The topological polar surface area (TPSA) is 47.1 Å². The second kappa shape index (κ2) is 5.19. The number of nitrogens with two attached hydrogens (primary N) is 1. The first-order chi connectivity index (χ1) is 8.17. The lowest BCUT2D eigenvalue weighted by molar-refractivity contribution is 0.249. The Morgan fingerprint density at radius 3 is 2.76 bits per heavy atom. The Bertz CT molecular complexity index is 383. The van der Waals surface area contributed by atoms with E-state index < -0.39 is 0 Å². The van der Waals surface area contributed by atoms with Gasteiger partial charge in [0.1, 0.15) is 0 Å². The zero-order valence-corrected chi connectivity index (χ0v) is 11.2. The van der Waals surface area contributed by atoms with E-state index in [2.05, 4.69) is 35.5 Å². The fraction of sp³-hybridized carbons (Fsp3) is 0.769. The highest BCUT2D eigenvalue weighted by Gasteiger charge is 2.25. The van der Waals surface area contributed by atoms with Gasteiger partial charge in [-0.05, 0) is 40.2 Å². The van der Waals surface area contributed by atoms with Crippen LogP contribution in [-0.4, -0.2) is 33.8 Å². The SMILES string of the molecule is CCn1nc(C)c(CN2CCCC2CN)c1C. The molecule has 1 aromatic heterocycles. The van der Waals surface area contributed by atoms with E-state index in [0.29, 0.717) is 6.04 Å². The summed E-state index contributed by atoms with van der Waals surface area (Å²) in [6, 6.07) is 0.568. The normalized spacial score (nSPS) is 21.3. The fourth-order valence-electron chi connectivity index (χ4n) is 2.84. The Hall–Kier alpha value is -0.870. The highest BCUT2D eigenvalue weighted by atomic mass is 15.3. The Balaban J connectivity index is 2.15. The van der Waals surface area contributed by atoms with Crippen LogP contribution in [0, 0.1) is 13.8 Å². The van der Waals surface area contributed by atoms with Crippen LogP contribution in [0.5, 0.6) is 0 Å². The average molecular weight is 236 g/mol. The predicted octanol–water partition coefficient (Wildman–Crippen LogP) is 1.44. The molecule has 1 unspecified atom stereocenters. The molecule has 96 valence electrons. The Morgan fingerprint density at radius 2 is 2.18 bits per heavy atom. The maximum absolute atomic E-state index is 5.82. The summed E-state index contributed by atoms with van der Waals surface area (Å²) in [6.07, 6.45) is 2.53. The minimum absolute atomic E-state index is 0.568. The Labute approximate surface area is 104 Å². The summed E-state index contributed by atoms with van der Waals surface area (Å²) >= 11 is 0. The number of aromatic nitrogens is 2. The summed E-state index contributed by atoms with van der Waals surface area (Å²) in [5.41, 5.74) is 9.70. The first kappa shape index (κ1) is 12.6. The molecule has 2 rings (SSSR count). The summed E-state index contributed by atoms with van der Waals surface area (Å²) < 4.78 is 2.10. The number of hydrogen-bond acceptors (Lipinski definition) is 3. The molecule has 1 aromatic rings. The van der Waals surface area contributed by atoms with E-state index in [1.807, 2.05) is 0 Å². The lowest BCUT2D eigenvalue weighted by Crippen LogP contribution is -2.35. The smallest absolute Gasteiger partial charge is 0.0641 e. The molecule has 2 heterocycles. The number of rotatable bonds is 4. The van der Waals surface area contributed by atoms with Crippen molar-refractivity contribution in [2.24, 2.45) is 5.73 Å². The van der Waals surface area contributed by atoms with E-state index in [9.17, 15) is 0 Å². The second-order valence-corrected chi connectivity index (χ2v) is 4.97. The molecule has 1 saturated heterocycles. The standard InChI is InChI=1S/C13H24N4/c1-4-17-11(3)13(10(2)15-17)9-16-7-5-6-12(16)8-14/h12H,4-9,14H2,1-3H3. The van der Waals surface area contributed by atoms with Crippen molar-refractivity contribution in [3.63, 3.8) is 0 Å². The van der Waals surface area contributed by atoms with Crippen LogP contribution < -0.4 is 5.73 Å². The van der Waals surface area contributed by atoms with Crippen LogP contribution in [-0.2, 0) is 13.1 Å². The van der Waals surface area contributed by atoms with E-state index in [1.165, 1.54) is 36.3 Å². The molecule has 0 spiro atoms. The zero-order valence-electron chi connectivity index (χ0n) is 11.2. The molecule has 1 fully saturated rings. The molecule has 2 N–H and O–H groups in total. The summed E-state index contributed by atoms with van der Waals surface area (Å²) in [4.78, 5) is 2.51. The molecular formula is C13H24N4. The zero-order chi connectivity index (χ0) is 12.4. The third kappa shape index (κ3) is 2.38. The maximum atomic E-state index is 5.82. The van der Waals surface area contributed by atoms with Gasteiger partial charge < -0.3 is 5.73 Å². The van der Waals surface area contributed by atoms with Gasteiger partial charge in [-0.2, -0.15) is 5.10 Å². The maximum Gasteiger partial charge on any atom is 0.0641 e. The van der Waals surface area contributed by atoms with Crippen LogP contribution >= 0.6 is 0 Å². The average Bonchev–Trinajstić information content (AvgIpc) is 2.88. The van der Waals surface area contributed by atoms with Crippen LogP contribution in [0.3, 0.4) is 0 Å². The molecular weight excluding hydrogens is 212 g/mol. The molecule has 0 aromatic carbocycles. The lowest BCUT2D eigenvalue weighted by Gasteiger charge is -2.23. The second-order valence-electron chi connectivity index (χ2n) is 4.97. The van der Waals surface area contributed by atoms with Gasteiger partial charge in [-0.15, -0.1) is 0 Å². The van der Waals surface area contributed by atoms with Crippen molar-refractivity contribution >= 4 is 0 Å². The van der Waals surface area contributed by atoms with Gasteiger partial charge in [-0.3, -0.25) is 9.58 Å². The first-order valence-corrected chi connectivity index (χ1v) is 6.64. The first-order valence-electron chi connectivity index (χ1n) is 6.64. The largest absolute Gasteiger partial charge is 0.329 e. The van der Waals surface area contributed by atoms with E-state index in [4.69, 9.17) is 5.73 Å². The van der Waals surface area contributed by atoms with E-state index in [1.54, 1.807) is 0 Å². The van der Waals surface area contributed by atoms with E-state index in [-0.39, 0.29) is 0 Å². The highest BCUT2D eigenvalue weighted by Crippen LogP contribution is 2.22. The van der Waals surface area contributed by atoms with Gasteiger partial charge in [0.15, 0.2) is 0 Å². The molecule has 0 bridgehead atoms. The minimum Gasteiger partial charge on any atom is -0.329 e. The number of aryl methyl sites for hydroxylation is 2. The van der Waals surface area contributed by atoms with Crippen molar-refractivity contribution in [1.82, 2.24) is 14.7 Å². The quantitative estimate of drug-likeness (QED) is 0.860. The third-order valence-electron chi connectivity index (χ3n) is 3.96. The monoisotopic (exact) mass is 236 g/mol. The van der Waals surface area contributed by atoms with Crippen LogP contribution in [0.1, 0.15) is 36.7 Å². The van der Waals surface area contributed by atoms with Gasteiger partial charge in [-0.25, -0.2) is 0 Å². The van der Waals surface area contributed by atoms with Crippen molar-refractivity contribution in [1.29, 1.82) is 0 Å². The molecule has 17 heavy (non-hydrogen) atoms. The molecule has 1 aliphatic heterocycles. The molecule has 4 heteroatoms. The fourth-order valence-corrected chi connectivity index (χ4v) is 2.84. The van der Waals surface area contributed by atoms with Crippen molar-refractivity contribution in [3.8, 4) is 0 Å². The molecule has 4 nitrogen and oxygen atoms in total. The van der Waals surface area contributed by atoms with Crippen molar-refractivity contribution in [3.05, 3.63) is 17.0 Å². The lowest BCUT2D eigenvalue weighted by atomic mass is 10.1. The van der Waals surface area contributed by atoms with Crippen molar-refractivity contribution < 1.29 is 0 Å². The molecule has 0 saturated carbocycles. The van der Waals surface area contributed by atoms with Gasteiger partial charge >= 0.3 is 0 Å². The number of nitrogens with zero attached hydrogens (tertiary/aromatic N) is 3. The molecule has 0 aliphatic carbocycles. The van der Waals surface area contributed by atoms with Crippen LogP contribution in [0.15, 0.2) is 0 Å². The van der Waals surface area contributed by atoms with Gasteiger partial charge in [0.2, 0.25) is 0 Å². The van der Waals surface area contributed by atoms with Crippen molar-refractivity contribution in [2.45, 2.75) is 52.7 Å². The molecule has 1 aliphatic rings. The van der Waals surface area contributed by atoms with Gasteiger partial charge in [0.25, 0.3) is 0 Å². The highest BCUT2D eigenvalue weighted by molar-refractivity contribution is 5.24. The molecule has 0 radical (unpaired) electrons. The summed E-state index contributed by atoms with van der Waals surface area (Å²) in [7, 11) is 0. The van der Waals surface area contributed by atoms with E-state index in [0.717, 1.165) is 19.6 Å². The predicted molar refractivity (Wildman–Crippen MR) is 69.9 cm³/mol. The Kier molecular flexibility index (Phi) is 3.84.